The number of nitriles is 1. The minimum Gasteiger partial charge on any atom is -0.508 e. The molecule has 1 saturated heterocycles. The van der Waals surface area contributed by atoms with Gasteiger partial charge in [0.05, 0.1) is 22.8 Å². The number of fused-ring (bicyclic) bond motifs is 3. The van der Waals surface area contributed by atoms with Gasteiger partial charge in [-0.3, -0.25) is 9.30 Å². The van der Waals surface area contributed by atoms with Crippen molar-refractivity contribution in [1.29, 1.82) is 5.26 Å². The molecule has 31 heavy (non-hydrogen) atoms. The fourth-order valence-electron chi connectivity index (χ4n) is 4.93. The van der Waals surface area contributed by atoms with Gasteiger partial charge >= 0.3 is 0 Å². The van der Waals surface area contributed by atoms with Crippen LogP contribution in [-0.4, -0.2) is 46.2 Å². The number of hydrogen-bond acceptors (Lipinski definition) is 5. The van der Waals surface area contributed by atoms with E-state index in [1.165, 1.54) is 0 Å². The Morgan fingerprint density at radius 3 is 2.71 bits per heavy atom. The normalized spacial score (nSPS) is 16.5. The SMILES string of the molecule is Cc1c(-c2cccc(O)c2)c(N2CCCC2N(C)C)n2c(nc3ccccc32)c1C#N. The van der Waals surface area contributed by atoms with E-state index in [9.17, 15) is 10.4 Å². The Bertz CT molecular complexity index is 1350. The fraction of sp³-hybridized carbons (Fsp3) is 0.280. The molecule has 0 aliphatic carbocycles. The molecule has 0 radical (unpaired) electrons. The first-order valence-electron chi connectivity index (χ1n) is 10.6. The Balaban J connectivity index is 1.98. The maximum absolute atomic E-state index is 10.2. The standard InChI is InChI=1S/C25H25N5O/c1-16-19(15-26)24-27-20-10-4-5-11-21(20)30(24)25(29-13-7-12-22(29)28(2)3)23(16)17-8-6-9-18(31)14-17/h4-6,8-11,14,22,31H,7,12-13H2,1-3H3. The second-order valence-electron chi connectivity index (χ2n) is 8.40. The highest BCUT2D eigenvalue weighted by molar-refractivity contribution is 5.92. The highest BCUT2D eigenvalue weighted by Gasteiger charge is 2.33. The lowest BCUT2D eigenvalue weighted by Crippen LogP contribution is -2.41. The molecule has 1 atom stereocenters. The number of phenolic OH excluding ortho intramolecular Hbond substituents is 1. The van der Waals surface area contributed by atoms with Gasteiger partial charge in [0.25, 0.3) is 0 Å². The Kier molecular flexibility index (Phi) is 4.57. The molecule has 6 nitrogen and oxygen atoms in total. The topological polar surface area (TPSA) is 67.8 Å². The zero-order chi connectivity index (χ0) is 21.7. The summed E-state index contributed by atoms with van der Waals surface area (Å²) >= 11 is 0. The average molecular weight is 412 g/mol. The van der Waals surface area contributed by atoms with Crippen LogP contribution in [0.1, 0.15) is 24.0 Å². The summed E-state index contributed by atoms with van der Waals surface area (Å²) in [5, 5.41) is 20.3. The molecule has 1 N–H and O–H groups in total. The van der Waals surface area contributed by atoms with Crippen molar-refractivity contribution in [3.63, 3.8) is 0 Å². The second-order valence-corrected chi connectivity index (χ2v) is 8.40. The van der Waals surface area contributed by atoms with Gasteiger partial charge in [0, 0.05) is 12.1 Å². The number of aromatic hydroxyl groups is 1. The lowest BCUT2D eigenvalue weighted by molar-refractivity contribution is 0.300. The number of anilines is 1. The number of hydrogen-bond donors (Lipinski definition) is 1. The Hall–Kier alpha value is -3.56. The van der Waals surface area contributed by atoms with E-state index in [2.05, 4.69) is 40.4 Å². The van der Waals surface area contributed by atoms with Crippen molar-refractivity contribution in [2.24, 2.45) is 0 Å². The third kappa shape index (κ3) is 2.93. The highest BCUT2D eigenvalue weighted by atomic mass is 16.3. The summed E-state index contributed by atoms with van der Waals surface area (Å²) in [7, 11) is 4.22. The molecule has 3 heterocycles. The molecule has 0 spiro atoms. The van der Waals surface area contributed by atoms with Crippen LogP contribution in [0.2, 0.25) is 0 Å². The Labute approximate surface area is 181 Å². The van der Waals surface area contributed by atoms with E-state index >= 15 is 0 Å². The highest BCUT2D eigenvalue weighted by Crippen LogP contribution is 2.42. The fourth-order valence-corrected chi connectivity index (χ4v) is 4.93. The first-order chi connectivity index (χ1) is 15.0. The molecule has 1 aliphatic heterocycles. The van der Waals surface area contributed by atoms with Gasteiger partial charge in [0.1, 0.15) is 17.6 Å². The molecule has 156 valence electrons. The van der Waals surface area contributed by atoms with Crippen LogP contribution in [0.5, 0.6) is 5.75 Å². The molecule has 2 aromatic heterocycles. The summed E-state index contributed by atoms with van der Waals surface area (Å²) in [5.41, 5.74) is 5.85. The number of para-hydroxylation sites is 2. The first-order valence-corrected chi connectivity index (χ1v) is 10.6. The van der Waals surface area contributed by atoms with Crippen LogP contribution in [-0.2, 0) is 0 Å². The number of phenols is 1. The van der Waals surface area contributed by atoms with Crippen molar-refractivity contribution >= 4 is 22.5 Å². The van der Waals surface area contributed by atoms with Crippen LogP contribution in [0.25, 0.3) is 27.8 Å². The van der Waals surface area contributed by atoms with Crippen LogP contribution in [0.3, 0.4) is 0 Å². The van der Waals surface area contributed by atoms with Gasteiger partial charge in [0.15, 0.2) is 5.65 Å². The van der Waals surface area contributed by atoms with E-state index < -0.39 is 0 Å². The predicted octanol–water partition coefficient (Wildman–Crippen LogP) is 4.53. The zero-order valence-electron chi connectivity index (χ0n) is 18.0. The average Bonchev–Trinajstić information content (AvgIpc) is 3.38. The molecule has 0 saturated carbocycles. The van der Waals surface area contributed by atoms with E-state index in [0.29, 0.717) is 11.2 Å². The molecule has 5 rings (SSSR count). The quantitative estimate of drug-likeness (QED) is 0.537. The molecule has 0 amide bonds. The summed E-state index contributed by atoms with van der Waals surface area (Å²) in [6.07, 6.45) is 2.41. The zero-order valence-corrected chi connectivity index (χ0v) is 18.0. The lowest BCUT2D eigenvalue weighted by atomic mass is 9.97. The summed E-state index contributed by atoms with van der Waals surface area (Å²) < 4.78 is 2.14. The number of aromatic nitrogens is 2. The van der Waals surface area contributed by atoms with Crippen LogP contribution in [0.4, 0.5) is 5.82 Å². The van der Waals surface area contributed by atoms with Crippen LogP contribution >= 0.6 is 0 Å². The van der Waals surface area contributed by atoms with E-state index in [0.717, 1.165) is 52.9 Å². The van der Waals surface area contributed by atoms with E-state index in [1.54, 1.807) is 12.1 Å². The van der Waals surface area contributed by atoms with Gasteiger partial charge < -0.3 is 10.0 Å². The lowest BCUT2D eigenvalue weighted by Gasteiger charge is -2.34. The Morgan fingerprint density at radius 1 is 1.16 bits per heavy atom. The number of pyridine rings is 1. The minimum atomic E-state index is 0.211. The molecular formula is C25H25N5O. The van der Waals surface area contributed by atoms with Crippen LogP contribution < -0.4 is 4.90 Å². The van der Waals surface area contributed by atoms with E-state index in [1.807, 2.05) is 37.3 Å². The first kappa shape index (κ1) is 19.4. The van der Waals surface area contributed by atoms with Gasteiger partial charge in [-0.25, -0.2) is 4.98 Å². The van der Waals surface area contributed by atoms with Crippen molar-refractivity contribution in [3.8, 4) is 22.9 Å². The van der Waals surface area contributed by atoms with E-state index in [-0.39, 0.29) is 11.9 Å². The van der Waals surface area contributed by atoms with Crippen molar-refractivity contribution in [2.75, 3.05) is 25.5 Å². The largest absolute Gasteiger partial charge is 0.508 e. The van der Waals surface area contributed by atoms with Crippen molar-refractivity contribution in [3.05, 3.63) is 59.7 Å². The van der Waals surface area contributed by atoms with Gasteiger partial charge in [-0.15, -0.1) is 0 Å². The molecular weight excluding hydrogens is 386 g/mol. The third-order valence-corrected chi connectivity index (χ3v) is 6.31. The summed E-state index contributed by atoms with van der Waals surface area (Å²) in [4.78, 5) is 9.52. The van der Waals surface area contributed by atoms with Gasteiger partial charge in [-0.05, 0) is 69.3 Å². The van der Waals surface area contributed by atoms with Gasteiger partial charge in [-0.1, -0.05) is 24.3 Å². The molecule has 1 unspecified atom stereocenters. The monoisotopic (exact) mass is 411 g/mol. The maximum Gasteiger partial charge on any atom is 0.157 e. The Morgan fingerprint density at radius 2 is 1.97 bits per heavy atom. The molecule has 1 fully saturated rings. The molecule has 0 bridgehead atoms. The summed E-state index contributed by atoms with van der Waals surface area (Å²) in [6.45, 7) is 2.91. The molecule has 2 aromatic carbocycles. The van der Waals surface area contributed by atoms with Crippen molar-refractivity contribution < 1.29 is 5.11 Å². The molecule has 4 aromatic rings. The van der Waals surface area contributed by atoms with Crippen LogP contribution in [0, 0.1) is 18.3 Å². The van der Waals surface area contributed by atoms with Gasteiger partial charge in [0.2, 0.25) is 0 Å². The molecule has 1 aliphatic rings. The summed E-state index contributed by atoms with van der Waals surface area (Å²) in [5.74, 6) is 1.24. The van der Waals surface area contributed by atoms with E-state index in [4.69, 9.17) is 4.98 Å². The predicted molar refractivity (Wildman–Crippen MR) is 123 cm³/mol. The van der Waals surface area contributed by atoms with Crippen molar-refractivity contribution in [2.45, 2.75) is 25.9 Å². The number of benzene rings is 2. The second kappa shape index (κ2) is 7.29. The van der Waals surface area contributed by atoms with Gasteiger partial charge in [-0.2, -0.15) is 5.26 Å². The smallest absolute Gasteiger partial charge is 0.157 e. The minimum absolute atomic E-state index is 0.211. The molecule has 6 heteroatoms. The van der Waals surface area contributed by atoms with Crippen LogP contribution in [0.15, 0.2) is 48.5 Å². The third-order valence-electron chi connectivity index (χ3n) is 6.31. The summed E-state index contributed by atoms with van der Waals surface area (Å²) in [6, 6.07) is 17.7. The van der Waals surface area contributed by atoms with Crippen molar-refractivity contribution in [1.82, 2.24) is 14.3 Å². The number of nitrogens with zero attached hydrogens (tertiary/aromatic N) is 5. The number of imidazole rings is 1. The number of rotatable bonds is 3. The maximum atomic E-state index is 10.2.